The van der Waals surface area contributed by atoms with Gasteiger partial charge in [-0.15, -0.1) is 0 Å². The number of carbonyl (C=O) groups is 1. The average molecular weight is 356 g/mol. The number of hydrogen-bond acceptors (Lipinski definition) is 5. The van der Waals surface area contributed by atoms with Gasteiger partial charge in [0.25, 0.3) is 0 Å². The molecule has 6 heteroatoms. The minimum absolute atomic E-state index is 0.0408. The lowest BCUT2D eigenvalue weighted by Crippen LogP contribution is -2.08. The number of fused-ring (bicyclic) bond motifs is 1. The highest BCUT2D eigenvalue weighted by atomic mass is 19.1. The first kappa shape index (κ1) is 17.7. The molecule has 134 valence electrons. The fraction of sp³-hybridized carbons (Fsp3) is 0.200. The first-order valence-electron chi connectivity index (χ1n) is 7.93. The minimum Gasteiger partial charge on any atom is -0.494 e. The molecule has 1 heterocycles. The number of hydrogen-bond donors (Lipinski definition) is 0. The van der Waals surface area contributed by atoms with E-state index in [0.29, 0.717) is 16.5 Å². The third-order valence-electron chi connectivity index (χ3n) is 4.19. The number of rotatable bonds is 4. The SMILES string of the molecule is COc1ccc(C(=O)OCc2cc(=O)oc3cc(C)c(C)cc23)cc1F. The van der Waals surface area contributed by atoms with Gasteiger partial charge in [-0.25, -0.2) is 14.0 Å². The number of ether oxygens (including phenoxy) is 2. The molecule has 0 bridgehead atoms. The van der Waals surface area contributed by atoms with Gasteiger partial charge in [-0.3, -0.25) is 0 Å². The highest BCUT2D eigenvalue weighted by molar-refractivity contribution is 5.90. The second-order valence-electron chi connectivity index (χ2n) is 5.95. The fourth-order valence-corrected chi connectivity index (χ4v) is 2.62. The topological polar surface area (TPSA) is 65.7 Å². The van der Waals surface area contributed by atoms with E-state index in [0.717, 1.165) is 17.2 Å². The third-order valence-corrected chi connectivity index (χ3v) is 4.19. The normalized spacial score (nSPS) is 10.8. The summed E-state index contributed by atoms with van der Waals surface area (Å²) in [4.78, 5) is 23.9. The van der Waals surface area contributed by atoms with Crippen LogP contribution < -0.4 is 10.4 Å². The monoisotopic (exact) mass is 356 g/mol. The van der Waals surface area contributed by atoms with Crippen LogP contribution in [0.4, 0.5) is 4.39 Å². The molecule has 0 spiro atoms. The summed E-state index contributed by atoms with van der Waals surface area (Å²) in [6.45, 7) is 3.73. The largest absolute Gasteiger partial charge is 0.494 e. The molecule has 26 heavy (non-hydrogen) atoms. The maximum Gasteiger partial charge on any atom is 0.338 e. The Morgan fingerprint density at radius 1 is 1.12 bits per heavy atom. The molecule has 0 atom stereocenters. The highest BCUT2D eigenvalue weighted by Gasteiger charge is 2.14. The molecule has 0 saturated carbocycles. The Morgan fingerprint density at radius 3 is 2.54 bits per heavy atom. The Bertz CT molecular complexity index is 1050. The van der Waals surface area contributed by atoms with Crippen LogP contribution in [0.25, 0.3) is 11.0 Å². The van der Waals surface area contributed by atoms with E-state index in [1.165, 1.54) is 25.3 Å². The molecule has 0 saturated heterocycles. The van der Waals surface area contributed by atoms with Gasteiger partial charge in [0, 0.05) is 17.0 Å². The summed E-state index contributed by atoms with van der Waals surface area (Å²) in [7, 11) is 1.34. The first-order chi connectivity index (χ1) is 12.4. The quantitative estimate of drug-likeness (QED) is 0.524. The lowest BCUT2D eigenvalue weighted by molar-refractivity contribution is 0.0473. The molecule has 0 radical (unpaired) electrons. The van der Waals surface area contributed by atoms with E-state index in [4.69, 9.17) is 13.9 Å². The summed E-state index contributed by atoms with van der Waals surface area (Å²) in [5, 5.41) is 0.696. The van der Waals surface area contributed by atoms with Gasteiger partial charge in [-0.1, -0.05) is 0 Å². The van der Waals surface area contributed by atoms with Gasteiger partial charge < -0.3 is 13.9 Å². The van der Waals surface area contributed by atoms with Gasteiger partial charge in [-0.2, -0.15) is 0 Å². The van der Waals surface area contributed by atoms with Gasteiger partial charge in [0.1, 0.15) is 12.2 Å². The third kappa shape index (κ3) is 3.44. The smallest absolute Gasteiger partial charge is 0.338 e. The summed E-state index contributed by atoms with van der Waals surface area (Å²) in [5.74, 6) is -1.31. The molecular formula is C20H17FO5. The molecule has 0 amide bonds. The molecule has 0 aliphatic carbocycles. The maximum atomic E-state index is 13.7. The van der Waals surface area contributed by atoms with Crippen molar-refractivity contribution < 1.29 is 23.1 Å². The Balaban J connectivity index is 1.87. The Morgan fingerprint density at radius 2 is 1.85 bits per heavy atom. The highest BCUT2D eigenvalue weighted by Crippen LogP contribution is 2.23. The van der Waals surface area contributed by atoms with E-state index in [9.17, 15) is 14.0 Å². The van der Waals surface area contributed by atoms with Gasteiger partial charge in [0.15, 0.2) is 11.6 Å². The number of halogens is 1. The van der Waals surface area contributed by atoms with Gasteiger partial charge >= 0.3 is 11.6 Å². The molecule has 0 unspecified atom stereocenters. The zero-order valence-electron chi connectivity index (χ0n) is 14.6. The first-order valence-corrected chi connectivity index (χ1v) is 7.93. The van der Waals surface area contributed by atoms with Crippen molar-refractivity contribution in [2.45, 2.75) is 20.5 Å². The molecular weight excluding hydrogens is 339 g/mol. The Labute approximate surface area is 149 Å². The summed E-state index contributed by atoms with van der Waals surface area (Å²) < 4.78 is 29.0. The van der Waals surface area contributed by atoms with Crippen molar-refractivity contribution in [3.63, 3.8) is 0 Å². The Hall–Kier alpha value is -3.15. The molecule has 0 aliphatic heterocycles. The van der Waals surface area contributed by atoms with E-state index >= 15 is 0 Å². The van der Waals surface area contributed by atoms with Crippen LogP contribution in [-0.4, -0.2) is 13.1 Å². The van der Waals surface area contributed by atoms with Crippen LogP contribution in [0.2, 0.25) is 0 Å². The molecule has 3 aromatic rings. The van der Waals surface area contributed by atoms with Crippen molar-refractivity contribution in [1.82, 2.24) is 0 Å². The van der Waals surface area contributed by atoms with Gasteiger partial charge in [-0.05, 0) is 55.3 Å². The zero-order valence-corrected chi connectivity index (χ0v) is 14.6. The molecule has 5 nitrogen and oxygen atoms in total. The second kappa shape index (κ2) is 7.00. The lowest BCUT2D eigenvalue weighted by Gasteiger charge is -2.10. The molecule has 2 aromatic carbocycles. The predicted molar refractivity (Wildman–Crippen MR) is 94.0 cm³/mol. The Kier molecular flexibility index (Phi) is 4.75. The summed E-state index contributed by atoms with van der Waals surface area (Å²) in [6, 6.07) is 8.75. The summed E-state index contributed by atoms with van der Waals surface area (Å²) in [5.41, 5.74) is 2.51. The molecule has 3 rings (SSSR count). The lowest BCUT2D eigenvalue weighted by atomic mass is 10.0. The second-order valence-corrected chi connectivity index (χ2v) is 5.95. The number of esters is 1. The van der Waals surface area contributed by atoms with Gasteiger partial charge in [0.05, 0.1) is 12.7 Å². The van der Waals surface area contributed by atoms with Crippen molar-refractivity contribution in [1.29, 1.82) is 0 Å². The van der Waals surface area contributed by atoms with Crippen molar-refractivity contribution in [2.24, 2.45) is 0 Å². The number of benzene rings is 2. The van der Waals surface area contributed by atoms with Crippen LogP contribution in [-0.2, 0) is 11.3 Å². The van der Waals surface area contributed by atoms with Crippen LogP contribution in [0.3, 0.4) is 0 Å². The number of aryl methyl sites for hydroxylation is 2. The summed E-state index contributed by atoms with van der Waals surface area (Å²) in [6.07, 6.45) is 0. The predicted octanol–water partition coefficient (Wildman–Crippen LogP) is 3.91. The van der Waals surface area contributed by atoms with Crippen molar-refractivity contribution in [3.8, 4) is 5.75 Å². The van der Waals surface area contributed by atoms with Crippen molar-refractivity contribution in [2.75, 3.05) is 7.11 Å². The summed E-state index contributed by atoms with van der Waals surface area (Å²) >= 11 is 0. The van der Waals surface area contributed by atoms with E-state index in [1.807, 2.05) is 19.9 Å². The maximum absolute atomic E-state index is 13.7. The van der Waals surface area contributed by atoms with Crippen molar-refractivity contribution >= 4 is 16.9 Å². The molecule has 0 N–H and O–H groups in total. The van der Waals surface area contributed by atoms with E-state index in [-0.39, 0.29) is 17.9 Å². The molecule has 1 aromatic heterocycles. The van der Waals surface area contributed by atoms with Crippen LogP contribution in [0.1, 0.15) is 27.0 Å². The molecule has 0 fully saturated rings. The van der Waals surface area contributed by atoms with E-state index in [2.05, 4.69) is 0 Å². The van der Waals surface area contributed by atoms with Crippen LogP contribution in [0, 0.1) is 19.7 Å². The minimum atomic E-state index is -0.697. The van der Waals surface area contributed by atoms with E-state index < -0.39 is 17.4 Å². The number of carbonyl (C=O) groups excluding carboxylic acids is 1. The van der Waals surface area contributed by atoms with Crippen molar-refractivity contribution in [3.05, 3.63) is 74.9 Å². The van der Waals surface area contributed by atoms with E-state index in [1.54, 1.807) is 6.07 Å². The average Bonchev–Trinajstić information content (AvgIpc) is 2.60. The number of methoxy groups -OCH3 is 1. The van der Waals surface area contributed by atoms with Crippen LogP contribution in [0.15, 0.2) is 45.6 Å². The molecule has 0 aliphatic rings. The van der Waals surface area contributed by atoms with Gasteiger partial charge in [0.2, 0.25) is 0 Å². The zero-order chi connectivity index (χ0) is 18.8. The van der Waals surface area contributed by atoms with Crippen LogP contribution >= 0.6 is 0 Å². The fourth-order valence-electron chi connectivity index (χ4n) is 2.62. The standard InChI is InChI=1S/C20H17FO5/c1-11-6-15-14(9-19(22)26-18(15)7-12(11)2)10-25-20(23)13-4-5-17(24-3)16(21)8-13/h4-9H,10H2,1-3H3. The van der Waals surface area contributed by atoms with Crippen LogP contribution in [0.5, 0.6) is 5.75 Å².